The molecule has 2 rings (SSSR count). The maximum Gasteiger partial charge on any atom is 0.170 e. The Bertz CT molecular complexity index is 417. The van der Waals surface area contributed by atoms with Gasteiger partial charge in [0.1, 0.15) is 0 Å². The average Bonchev–Trinajstić information content (AvgIpc) is 2.69. The lowest BCUT2D eigenvalue weighted by Crippen LogP contribution is -2.14. The second kappa shape index (κ2) is 5.98. The number of ketones is 1. The fourth-order valence-electron chi connectivity index (χ4n) is 1.71. The molecule has 17 heavy (non-hydrogen) atoms. The highest BCUT2D eigenvalue weighted by molar-refractivity contribution is 8.04. The molecule has 0 spiro atoms. The molecule has 1 aliphatic rings. The third-order valence-corrected chi connectivity index (χ3v) is 3.90. The fourth-order valence-corrected chi connectivity index (χ4v) is 2.90. The Kier molecular flexibility index (Phi) is 4.34. The van der Waals surface area contributed by atoms with E-state index in [4.69, 9.17) is 4.74 Å². The van der Waals surface area contributed by atoms with Crippen LogP contribution in [0.25, 0.3) is 0 Å². The van der Waals surface area contributed by atoms with Crippen molar-refractivity contribution in [2.75, 3.05) is 13.7 Å². The molecule has 2 heterocycles. The molecule has 1 atom stereocenters. The number of carbonyl (C=O) groups is 1. The smallest absolute Gasteiger partial charge is 0.170 e. The first kappa shape index (κ1) is 12.3. The second-order valence-electron chi connectivity index (χ2n) is 3.89. The van der Waals surface area contributed by atoms with E-state index in [1.807, 2.05) is 18.2 Å². The van der Waals surface area contributed by atoms with Crippen molar-refractivity contribution in [1.29, 1.82) is 0 Å². The number of thioether (sulfide) groups is 1. The average molecular weight is 249 g/mol. The SMILES string of the molecule is COCCC1=CC(=O)C(Cc2ccccn2)S1. The Morgan fingerprint density at radius 3 is 3.06 bits per heavy atom. The van der Waals surface area contributed by atoms with Crippen LogP contribution in [0.3, 0.4) is 0 Å². The first-order valence-corrected chi connectivity index (χ1v) is 6.47. The summed E-state index contributed by atoms with van der Waals surface area (Å²) in [5.41, 5.74) is 0.972. The van der Waals surface area contributed by atoms with Crippen LogP contribution >= 0.6 is 11.8 Å². The van der Waals surface area contributed by atoms with Gasteiger partial charge >= 0.3 is 0 Å². The van der Waals surface area contributed by atoms with Gasteiger partial charge in [-0.25, -0.2) is 0 Å². The minimum absolute atomic E-state index is 0.00300. The highest BCUT2D eigenvalue weighted by Crippen LogP contribution is 2.33. The van der Waals surface area contributed by atoms with Crippen molar-refractivity contribution in [1.82, 2.24) is 4.98 Å². The summed E-state index contributed by atoms with van der Waals surface area (Å²) < 4.78 is 5.01. The second-order valence-corrected chi connectivity index (χ2v) is 5.22. The van der Waals surface area contributed by atoms with Gasteiger partial charge in [-0.2, -0.15) is 0 Å². The molecule has 3 nitrogen and oxygen atoms in total. The van der Waals surface area contributed by atoms with Gasteiger partial charge in [0.25, 0.3) is 0 Å². The third kappa shape index (κ3) is 3.41. The summed E-state index contributed by atoms with van der Waals surface area (Å²) in [7, 11) is 1.67. The molecule has 1 aliphatic heterocycles. The summed E-state index contributed by atoms with van der Waals surface area (Å²) in [6, 6.07) is 5.79. The number of carbonyl (C=O) groups excluding carboxylic acids is 1. The molecule has 1 aromatic rings. The molecular weight excluding hydrogens is 234 g/mol. The molecule has 0 radical (unpaired) electrons. The molecule has 0 N–H and O–H groups in total. The number of ether oxygens (including phenoxy) is 1. The van der Waals surface area contributed by atoms with Gasteiger partial charge in [0.2, 0.25) is 0 Å². The molecule has 0 aliphatic carbocycles. The van der Waals surface area contributed by atoms with Crippen molar-refractivity contribution in [2.24, 2.45) is 0 Å². The van der Waals surface area contributed by atoms with Crippen LogP contribution in [0.2, 0.25) is 0 Å². The Hall–Kier alpha value is -1.13. The van der Waals surface area contributed by atoms with Crippen LogP contribution in [0.15, 0.2) is 35.4 Å². The zero-order chi connectivity index (χ0) is 12.1. The van der Waals surface area contributed by atoms with E-state index in [9.17, 15) is 4.79 Å². The minimum Gasteiger partial charge on any atom is -0.384 e. The summed E-state index contributed by atoms with van der Waals surface area (Å²) in [6.45, 7) is 0.669. The van der Waals surface area contributed by atoms with Crippen LogP contribution in [0, 0.1) is 0 Å². The summed E-state index contributed by atoms with van der Waals surface area (Å²) in [5.74, 6) is 0.201. The number of aromatic nitrogens is 1. The Morgan fingerprint density at radius 2 is 2.35 bits per heavy atom. The zero-order valence-electron chi connectivity index (χ0n) is 9.76. The molecule has 90 valence electrons. The molecule has 0 aromatic carbocycles. The standard InChI is InChI=1S/C13H15NO2S/c1-16-7-5-11-9-12(15)13(17-11)8-10-4-2-3-6-14-10/h2-4,6,9,13H,5,7-8H2,1H3. The van der Waals surface area contributed by atoms with Crippen molar-refractivity contribution in [3.63, 3.8) is 0 Å². The quantitative estimate of drug-likeness (QED) is 0.802. The Labute approximate surface area is 105 Å². The maximum atomic E-state index is 11.8. The largest absolute Gasteiger partial charge is 0.384 e. The van der Waals surface area contributed by atoms with Gasteiger partial charge in [0.15, 0.2) is 5.78 Å². The fraction of sp³-hybridized carbons (Fsp3) is 0.385. The Balaban J connectivity index is 1.91. The number of pyridine rings is 1. The lowest BCUT2D eigenvalue weighted by atomic mass is 10.1. The number of hydrogen-bond donors (Lipinski definition) is 0. The minimum atomic E-state index is -0.00300. The van der Waals surface area contributed by atoms with E-state index in [-0.39, 0.29) is 11.0 Å². The van der Waals surface area contributed by atoms with Crippen molar-refractivity contribution in [3.05, 3.63) is 41.1 Å². The van der Waals surface area contributed by atoms with Crippen LogP contribution in [-0.2, 0) is 16.0 Å². The van der Waals surface area contributed by atoms with E-state index >= 15 is 0 Å². The van der Waals surface area contributed by atoms with E-state index < -0.39 is 0 Å². The van der Waals surface area contributed by atoms with E-state index in [0.717, 1.165) is 17.0 Å². The summed E-state index contributed by atoms with van der Waals surface area (Å²) in [5, 5.41) is -0.00300. The molecule has 1 unspecified atom stereocenters. The molecule has 4 heteroatoms. The molecule has 0 saturated heterocycles. The van der Waals surface area contributed by atoms with E-state index in [1.54, 1.807) is 31.1 Å². The molecule has 0 fully saturated rings. The highest BCUT2D eigenvalue weighted by atomic mass is 32.2. The number of hydrogen-bond acceptors (Lipinski definition) is 4. The number of rotatable bonds is 5. The number of methoxy groups -OCH3 is 1. The topological polar surface area (TPSA) is 39.2 Å². The molecule has 0 saturated carbocycles. The van der Waals surface area contributed by atoms with Crippen LogP contribution in [0.5, 0.6) is 0 Å². The molecular formula is C13H15NO2S. The first-order chi connectivity index (χ1) is 8.29. The van der Waals surface area contributed by atoms with Gasteiger partial charge < -0.3 is 4.74 Å². The predicted molar refractivity (Wildman–Crippen MR) is 68.9 cm³/mol. The van der Waals surface area contributed by atoms with Crippen molar-refractivity contribution in [2.45, 2.75) is 18.1 Å². The Morgan fingerprint density at radius 1 is 1.47 bits per heavy atom. The normalized spacial score (nSPS) is 19.5. The lowest BCUT2D eigenvalue weighted by molar-refractivity contribution is -0.114. The van der Waals surface area contributed by atoms with Crippen LogP contribution in [-0.4, -0.2) is 29.7 Å². The van der Waals surface area contributed by atoms with Crippen LogP contribution in [0.1, 0.15) is 12.1 Å². The number of nitrogens with zero attached hydrogens (tertiary/aromatic N) is 1. The monoisotopic (exact) mass is 249 g/mol. The van der Waals surface area contributed by atoms with Crippen LogP contribution in [0.4, 0.5) is 0 Å². The number of allylic oxidation sites excluding steroid dienone is 1. The van der Waals surface area contributed by atoms with Gasteiger partial charge in [-0.05, 0) is 23.1 Å². The van der Waals surface area contributed by atoms with Gasteiger partial charge in [-0.3, -0.25) is 9.78 Å². The maximum absolute atomic E-state index is 11.8. The molecule has 1 aromatic heterocycles. The predicted octanol–water partition coefficient (Wildman–Crippen LogP) is 2.23. The van der Waals surface area contributed by atoms with Gasteiger partial charge in [-0.15, -0.1) is 11.8 Å². The molecule has 0 amide bonds. The van der Waals surface area contributed by atoms with Crippen molar-refractivity contribution >= 4 is 17.5 Å². The lowest BCUT2D eigenvalue weighted by Gasteiger charge is -2.07. The van der Waals surface area contributed by atoms with E-state index in [2.05, 4.69) is 4.98 Å². The third-order valence-electron chi connectivity index (χ3n) is 2.59. The zero-order valence-corrected chi connectivity index (χ0v) is 10.6. The van der Waals surface area contributed by atoms with Gasteiger partial charge in [0.05, 0.1) is 11.9 Å². The summed E-state index contributed by atoms with van der Waals surface area (Å²) in [4.78, 5) is 17.2. The van der Waals surface area contributed by atoms with Crippen LogP contribution < -0.4 is 0 Å². The van der Waals surface area contributed by atoms with Gasteiger partial charge in [0, 0.05) is 31.8 Å². The van der Waals surface area contributed by atoms with Crippen molar-refractivity contribution < 1.29 is 9.53 Å². The summed E-state index contributed by atoms with van der Waals surface area (Å²) >= 11 is 1.65. The van der Waals surface area contributed by atoms with Crippen molar-refractivity contribution in [3.8, 4) is 0 Å². The van der Waals surface area contributed by atoms with Gasteiger partial charge in [-0.1, -0.05) is 6.07 Å². The van der Waals surface area contributed by atoms with E-state index in [0.29, 0.717) is 13.0 Å². The first-order valence-electron chi connectivity index (χ1n) is 5.59. The highest BCUT2D eigenvalue weighted by Gasteiger charge is 2.26. The molecule has 0 bridgehead atoms. The van der Waals surface area contributed by atoms with E-state index in [1.165, 1.54) is 0 Å². The summed E-state index contributed by atoms with van der Waals surface area (Å²) in [6.07, 6.45) is 5.04.